The van der Waals surface area contributed by atoms with Crippen LogP contribution in [0.15, 0.2) is 0 Å². The number of methoxy groups -OCH3 is 2. The Morgan fingerprint density at radius 3 is 2.48 bits per heavy atom. The summed E-state index contributed by atoms with van der Waals surface area (Å²) in [5, 5.41) is 11.1. The number of nitrogens with one attached hydrogen (secondary N) is 1. The van der Waals surface area contributed by atoms with Crippen LogP contribution in [-0.4, -0.2) is 45.0 Å². The van der Waals surface area contributed by atoms with Crippen LogP contribution in [0.1, 0.15) is 26.2 Å². The molecule has 1 N–H and O–H groups in total. The summed E-state index contributed by atoms with van der Waals surface area (Å²) < 4.78 is 26.7. The molecule has 0 bridgehead atoms. The predicted molar refractivity (Wildman–Crippen MR) is 74.5 cm³/mol. The SMILES string of the molecule is CCP(=O)(N[C@@H](CCC(=O)OC)C(=O)OC)OCCC#N. The van der Waals surface area contributed by atoms with E-state index in [1.807, 2.05) is 6.07 Å². The van der Waals surface area contributed by atoms with Crippen molar-refractivity contribution in [2.24, 2.45) is 0 Å². The van der Waals surface area contributed by atoms with E-state index < -0.39 is 25.5 Å². The van der Waals surface area contributed by atoms with E-state index in [9.17, 15) is 14.2 Å². The molecule has 0 aromatic carbocycles. The van der Waals surface area contributed by atoms with Crippen molar-refractivity contribution in [3.8, 4) is 6.07 Å². The summed E-state index contributed by atoms with van der Waals surface area (Å²) in [6.07, 6.45) is 0.289. The highest BCUT2D eigenvalue weighted by Gasteiger charge is 2.30. The highest BCUT2D eigenvalue weighted by atomic mass is 31.2. The minimum absolute atomic E-state index is 0.000484. The Morgan fingerprint density at radius 2 is 2.00 bits per heavy atom. The fourth-order valence-corrected chi connectivity index (χ4v) is 2.97. The molecule has 0 saturated carbocycles. The van der Waals surface area contributed by atoms with Gasteiger partial charge in [-0.2, -0.15) is 5.26 Å². The van der Waals surface area contributed by atoms with Crippen LogP contribution in [-0.2, 0) is 28.2 Å². The third-order valence-corrected chi connectivity index (χ3v) is 4.77. The van der Waals surface area contributed by atoms with Crippen molar-refractivity contribution in [3.63, 3.8) is 0 Å². The van der Waals surface area contributed by atoms with E-state index >= 15 is 0 Å². The topological polar surface area (TPSA) is 115 Å². The lowest BCUT2D eigenvalue weighted by Gasteiger charge is -2.23. The maximum atomic E-state index is 12.4. The molecule has 0 aromatic heterocycles. The van der Waals surface area contributed by atoms with E-state index in [1.165, 1.54) is 14.2 Å². The lowest BCUT2D eigenvalue weighted by atomic mass is 10.2. The standard InChI is InChI=1S/C12H21N2O6P/c1-4-21(17,20-9-5-8-13)14-10(12(16)19-3)6-7-11(15)18-2/h10H,4-7,9H2,1-3H3,(H,14,17)/t10-,21?/m0/s1. The van der Waals surface area contributed by atoms with Crippen LogP contribution in [0.2, 0.25) is 0 Å². The van der Waals surface area contributed by atoms with E-state index in [-0.39, 0.29) is 32.0 Å². The maximum Gasteiger partial charge on any atom is 0.323 e. The fraction of sp³-hybridized carbons (Fsp3) is 0.750. The molecule has 0 amide bonds. The lowest BCUT2D eigenvalue weighted by molar-refractivity contribution is -0.144. The highest BCUT2D eigenvalue weighted by molar-refractivity contribution is 7.56. The number of rotatable bonds is 10. The molecule has 0 rings (SSSR count). The van der Waals surface area contributed by atoms with Gasteiger partial charge in [0.05, 0.1) is 33.3 Å². The number of esters is 2. The summed E-state index contributed by atoms with van der Waals surface area (Å²) in [7, 11) is -0.838. The van der Waals surface area contributed by atoms with Gasteiger partial charge in [-0.3, -0.25) is 14.2 Å². The Bertz CT molecular complexity index is 434. The van der Waals surface area contributed by atoms with Crippen LogP contribution in [0.3, 0.4) is 0 Å². The third-order valence-electron chi connectivity index (χ3n) is 2.63. The summed E-state index contributed by atoms with van der Waals surface area (Å²) in [6.45, 7) is 1.63. The molecule has 0 fully saturated rings. The van der Waals surface area contributed by atoms with Crippen molar-refractivity contribution in [3.05, 3.63) is 0 Å². The van der Waals surface area contributed by atoms with E-state index in [2.05, 4.69) is 14.6 Å². The normalized spacial score (nSPS) is 14.6. The number of carbonyl (C=O) groups is 2. The third kappa shape index (κ3) is 7.81. The number of nitrogens with zero attached hydrogens (tertiary/aromatic N) is 1. The summed E-state index contributed by atoms with van der Waals surface area (Å²) in [5.74, 6) is -1.13. The summed E-state index contributed by atoms with van der Waals surface area (Å²) in [4.78, 5) is 22.8. The van der Waals surface area contributed by atoms with Crippen molar-refractivity contribution in [1.29, 1.82) is 5.26 Å². The number of hydrogen-bond donors (Lipinski definition) is 1. The number of carbonyl (C=O) groups excluding carboxylic acids is 2. The summed E-state index contributed by atoms with van der Waals surface area (Å²) >= 11 is 0. The molecular formula is C12H21N2O6P. The van der Waals surface area contributed by atoms with Gasteiger partial charge < -0.3 is 14.0 Å². The molecule has 0 aromatic rings. The molecule has 0 aliphatic carbocycles. The van der Waals surface area contributed by atoms with Gasteiger partial charge in [0.2, 0.25) is 0 Å². The first-order valence-corrected chi connectivity index (χ1v) is 8.26. The van der Waals surface area contributed by atoms with Gasteiger partial charge in [-0.05, 0) is 6.42 Å². The number of hydrogen-bond acceptors (Lipinski definition) is 7. The first kappa shape index (κ1) is 19.6. The fourth-order valence-electron chi connectivity index (χ4n) is 1.44. The van der Waals surface area contributed by atoms with Crippen LogP contribution < -0.4 is 5.09 Å². The molecule has 21 heavy (non-hydrogen) atoms. The smallest absolute Gasteiger partial charge is 0.323 e. The zero-order chi connectivity index (χ0) is 16.3. The molecule has 9 heteroatoms. The predicted octanol–water partition coefficient (Wildman–Crippen LogP) is 1.21. The molecule has 1 unspecified atom stereocenters. The zero-order valence-corrected chi connectivity index (χ0v) is 13.4. The average Bonchev–Trinajstić information content (AvgIpc) is 2.50. The Kier molecular flexibility index (Phi) is 9.63. The second-order valence-corrected chi connectivity index (χ2v) is 6.55. The molecule has 0 radical (unpaired) electrons. The first-order valence-electron chi connectivity index (χ1n) is 6.45. The molecule has 0 aliphatic heterocycles. The van der Waals surface area contributed by atoms with E-state index in [0.29, 0.717) is 0 Å². The molecular weight excluding hydrogens is 299 g/mol. The van der Waals surface area contributed by atoms with Crippen molar-refractivity contribution in [2.75, 3.05) is 27.0 Å². The van der Waals surface area contributed by atoms with Gasteiger partial charge in [0.1, 0.15) is 6.04 Å². The summed E-state index contributed by atoms with van der Waals surface area (Å²) in [6, 6.07) is 0.930. The van der Waals surface area contributed by atoms with Gasteiger partial charge in [-0.25, -0.2) is 5.09 Å². The molecule has 2 atom stereocenters. The number of ether oxygens (including phenoxy) is 2. The van der Waals surface area contributed by atoms with Crippen molar-refractivity contribution >= 4 is 19.5 Å². The molecule has 0 spiro atoms. The molecule has 0 saturated heterocycles. The summed E-state index contributed by atoms with van der Waals surface area (Å²) in [5.41, 5.74) is 0. The van der Waals surface area contributed by atoms with Crippen molar-refractivity contribution < 1.29 is 28.2 Å². The molecule has 8 nitrogen and oxygen atoms in total. The van der Waals surface area contributed by atoms with E-state index in [0.717, 1.165) is 0 Å². The molecule has 0 heterocycles. The Labute approximate surface area is 124 Å². The zero-order valence-electron chi connectivity index (χ0n) is 12.5. The van der Waals surface area contributed by atoms with Gasteiger partial charge in [0.25, 0.3) is 7.52 Å². The quantitative estimate of drug-likeness (QED) is 0.363. The first-order chi connectivity index (χ1) is 9.92. The Hall–Kier alpha value is -1.42. The minimum atomic E-state index is -3.28. The van der Waals surface area contributed by atoms with Crippen LogP contribution in [0.4, 0.5) is 0 Å². The molecule has 120 valence electrons. The van der Waals surface area contributed by atoms with E-state index in [4.69, 9.17) is 9.79 Å². The number of nitriles is 1. The monoisotopic (exact) mass is 320 g/mol. The van der Waals surface area contributed by atoms with Crippen molar-refractivity contribution in [1.82, 2.24) is 5.09 Å². The second kappa shape index (κ2) is 10.3. The maximum absolute atomic E-state index is 12.4. The largest absolute Gasteiger partial charge is 0.469 e. The van der Waals surface area contributed by atoms with Gasteiger partial charge in [0, 0.05) is 12.6 Å². The van der Waals surface area contributed by atoms with Crippen LogP contribution in [0.25, 0.3) is 0 Å². The van der Waals surface area contributed by atoms with Crippen LogP contribution >= 0.6 is 7.52 Å². The van der Waals surface area contributed by atoms with Crippen LogP contribution in [0, 0.1) is 11.3 Å². The minimum Gasteiger partial charge on any atom is -0.469 e. The van der Waals surface area contributed by atoms with Gasteiger partial charge in [0.15, 0.2) is 0 Å². The second-order valence-electron chi connectivity index (χ2n) is 4.05. The Morgan fingerprint density at radius 1 is 1.33 bits per heavy atom. The van der Waals surface area contributed by atoms with Gasteiger partial charge >= 0.3 is 11.9 Å². The van der Waals surface area contributed by atoms with E-state index in [1.54, 1.807) is 6.92 Å². The lowest BCUT2D eigenvalue weighted by Crippen LogP contribution is -2.37. The van der Waals surface area contributed by atoms with Gasteiger partial charge in [-0.15, -0.1) is 0 Å². The van der Waals surface area contributed by atoms with Gasteiger partial charge in [-0.1, -0.05) is 6.92 Å². The van der Waals surface area contributed by atoms with Crippen molar-refractivity contribution in [2.45, 2.75) is 32.2 Å². The average molecular weight is 320 g/mol. The Balaban J connectivity index is 4.75. The van der Waals surface area contributed by atoms with Crippen LogP contribution in [0.5, 0.6) is 0 Å². The highest BCUT2D eigenvalue weighted by Crippen LogP contribution is 2.42. The molecule has 0 aliphatic rings.